The van der Waals surface area contributed by atoms with Crippen LogP contribution in [0.15, 0.2) is 6.20 Å². The Kier molecular flexibility index (Phi) is 3.64. The Morgan fingerprint density at radius 3 is 3.00 bits per heavy atom. The summed E-state index contributed by atoms with van der Waals surface area (Å²) < 4.78 is 9.55. The van der Waals surface area contributed by atoms with E-state index in [-0.39, 0.29) is 18.1 Å². The number of nitrogens with zero attached hydrogens (tertiary/aromatic N) is 6. The second-order valence-corrected chi connectivity index (χ2v) is 6.66. The molecule has 0 fully saturated rings. The van der Waals surface area contributed by atoms with Crippen molar-refractivity contribution in [3.05, 3.63) is 28.8 Å². The standard InChI is InChI=1S/C16H22N6O2/c1-10-7-13-14(18-20(3)15(13)11(2)24-10)16(23)21-5-4-6-22-12(9-21)8-17-19-22/h8,10-11H,4-7,9H2,1-3H3/t10-,11+/m1/s1. The largest absolute Gasteiger partial charge is 0.369 e. The lowest BCUT2D eigenvalue weighted by atomic mass is 9.99. The fourth-order valence-corrected chi connectivity index (χ4v) is 3.81. The van der Waals surface area contributed by atoms with E-state index < -0.39 is 0 Å². The molecule has 24 heavy (non-hydrogen) atoms. The van der Waals surface area contributed by atoms with Crippen molar-refractivity contribution in [2.45, 2.75) is 52.0 Å². The highest BCUT2D eigenvalue weighted by molar-refractivity contribution is 5.94. The summed E-state index contributed by atoms with van der Waals surface area (Å²) in [6, 6.07) is 0. The minimum atomic E-state index is -0.0439. The molecule has 0 radical (unpaired) electrons. The van der Waals surface area contributed by atoms with E-state index in [0.29, 0.717) is 18.8 Å². The first-order valence-corrected chi connectivity index (χ1v) is 8.42. The van der Waals surface area contributed by atoms with Gasteiger partial charge in [-0.05, 0) is 20.3 Å². The highest BCUT2D eigenvalue weighted by Crippen LogP contribution is 2.32. The number of aryl methyl sites for hydroxylation is 2. The Balaban J connectivity index is 1.67. The molecule has 0 spiro atoms. The second-order valence-electron chi connectivity index (χ2n) is 6.66. The van der Waals surface area contributed by atoms with Crippen LogP contribution in [-0.2, 0) is 31.3 Å². The predicted octanol–water partition coefficient (Wildman–Crippen LogP) is 1.08. The molecule has 8 heteroatoms. The van der Waals surface area contributed by atoms with Gasteiger partial charge in [-0.2, -0.15) is 5.10 Å². The van der Waals surface area contributed by atoms with Crippen LogP contribution in [0.4, 0.5) is 0 Å². The van der Waals surface area contributed by atoms with Gasteiger partial charge in [0.15, 0.2) is 5.69 Å². The normalized spacial score (nSPS) is 23.5. The molecule has 0 aliphatic carbocycles. The molecular weight excluding hydrogens is 308 g/mol. The Hall–Kier alpha value is -2.22. The van der Waals surface area contributed by atoms with Crippen LogP contribution in [0.5, 0.6) is 0 Å². The van der Waals surface area contributed by atoms with Crippen LogP contribution in [0.2, 0.25) is 0 Å². The number of carbonyl (C=O) groups is 1. The van der Waals surface area contributed by atoms with Gasteiger partial charge in [-0.3, -0.25) is 9.48 Å². The van der Waals surface area contributed by atoms with Crippen molar-refractivity contribution in [1.82, 2.24) is 29.7 Å². The molecule has 0 N–H and O–H groups in total. The van der Waals surface area contributed by atoms with Crippen molar-refractivity contribution in [2.75, 3.05) is 6.54 Å². The van der Waals surface area contributed by atoms with Gasteiger partial charge in [-0.1, -0.05) is 5.21 Å². The minimum Gasteiger partial charge on any atom is -0.369 e. The van der Waals surface area contributed by atoms with Crippen LogP contribution >= 0.6 is 0 Å². The smallest absolute Gasteiger partial charge is 0.275 e. The van der Waals surface area contributed by atoms with E-state index in [0.717, 1.165) is 36.3 Å². The summed E-state index contributed by atoms with van der Waals surface area (Å²) in [5.41, 5.74) is 3.58. The number of aromatic nitrogens is 5. The molecule has 2 aromatic rings. The molecule has 128 valence electrons. The van der Waals surface area contributed by atoms with Gasteiger partial charge < -0.3 is 9.64 Å². The molecule has 0 unspecified atom stereocenters. The summed E-state index contributed by atoms with van der Waals surface area (Å²) in [5.74, 6) is -0.0113. The molecule has 2 atom stereocenters. The Morgan fingerprint density at radius 1 is 1.33 bits per heavy atom. The van der Waals surface area contributed by atoms with Gasteiger partial charge in [0.05, 0.1) is 36.3 Å². The molecule has 8 nitrogen and oxygen atoms in total. The van der Waals surface area contributed by atoms with E-state index in [2.05, 4.69) is 15.4 Å². The lowest BCUT2D eigenvalue weighted by Crippen LogP contribution is -2.32. The average Bonchev–Trinajstić information content (AvgIpc) is 3.04. The first kappa shape index (κ1) is 15.3. The van der Waals surface area contributed by atoms with Crippen molar-refractivity contribution in [1.29, 1.82) is 0 Å². The molecule has 4 heterocycles. The number of rotatable bonds is 1. The molecule has 0 saturated heterocycles. The Morgan fingerprint density at radius 2 is 2.17 bits per heavy atom. The van der Waals surface area contributed by atoms with Crippen LogP contribution in [0.25, 0.3) is 0 Å². The van der Waals surface area contributed by atoms with E-state index in [9.17, 15) is 4.79 Å². The van der Waals surface area contributed by atoms with Crippen molar-refractivity contribution in [3.63, 3.8) is 0 Å². The molecule has 4 rings (SSSR count). The zero-order valence-electron chi connectivity index (χ0n) is 14.3. The van der Waals surface area contributed by atoms with Gasteiger partial charge in [0.2, 0.25) is 0 Å². The SMILES string of the molecule is C[C@@H]1Cc2c(C(=O)N3CCCn4nncc4C3)nn(C)c2[C@H](C)O1. The van der Waals surface area contributed by atoms with Crippen LogP contribution in [-0.4, -0.2) is 48.2 Å². The first-order valence-electron chi connectivity index (χ1n) is 8.42. The van der Waals surface area contributed by atoms with Gasteiger partial charge in [-0.15, -0.1) is 5.10 Å². The molecule has 2 aromatic heterocycles. The fraction of sp³-hybridized carbons (Fsp3) is 0.625. The molecule has 1 amide bonds. The van der Waals surface area contributed by atoms with Gasteiger partial charge in [0, 0.05) is 32.1 Å². The fourth-order valence-electron chi connectivity index (χ4n) is 3.81. The van der Waals surface area contributed by atoms with Crippen molar-refractivity contribution >= 4 is 5.91 Å². The summed E-state index contributed by atoms with van der Waals surface area (Å²) in [4.78, 5) is 15.0. The summed E-state index contributed by atoms with van der Waals surface area (Å²) in [6.07, 6.45) is 3.38. The average molecular weight is 330 g/mol. The van der Waals surface area contributed by atoms with Crippen molar-refractivity contribution in [2.24, 2.45) is 7.05 Å². The van der Waals surface area contributed by atoms with Crippen LogP contribution < -0.4 is 0 Å². The number of hydrogen-bond donors (Lipinski definition) is 0. The van der Waals surface area contributed by atoms with E-state index >= 15 is 0 Å². The highest BCUT2D eigenvalue weighted by atomic mass is 16.5. The number of ether oxygens (including phenoxy) is 1. The molecule has 2 aliphatic rings. The van der Waals surface area contributed by atoms with Gasteiger partial charge >= 0.3 is 0 Å². The van der Waals surface area contributed by atoms with E-state index in [1.165, 1.54) is 0 Å². The maximum absolute atomic E-state index is 13.1. The third-order valence-corrected chi connectivity index (χ3v) is 4.85. The van der Waals surface area contributed by atoms with E-state index in [4.69, 9.17) is 4.74 Å². The Labute approximate surface area is 140 Å². The summed E-state index contributed by atoms with van der Waals surface area (Å²) in [6.45, 7) is 6.08. The highest BCUT2D eigenvalue weighted by Gasteiger charge is 2.33. The number of carbonyl (C=O) groups excluding carboxylic acids is 1. The maximum atomic E-state index is 13.1. The maximum Gasteiger partial charge on any atom is 0.275 e. The molecule has 0 saturated carbocycles. The van der Waals surface area contributed by atoms with Crippen molar-refractivity contribution in [3.8, 4) is 0 Å². The third-order valence-electron chi connectivity index (χ3n) is 4.85. The topological polar surface area (TPSA) is 78.1 Å². The van der Waals surface area contributed by atoms with Crippen LogP contribution in [0.3, 0.4) is 0 Å². The molecule has 0 bridgehead atoms. The third kappa shape index (κ3) is 2.41. The monoisotopic (exact) mass is 330 g/mol. The first-order chi connectivity index (χ1) is 11.5. The molecule has 0 aromatic carbocycles. The Bertz CT molecular complexity index is 780. The minimum absolute atomic E-state index is 0.0113. The summed E-state index contributed by atoms with van der Waals surface area (Å²) in [5, 5.41) is 12.5. The molecular formula is C16H22N6O2. The zero-order chi connectivity index (χ0) is 16.8. The number of fused-ring (bicyclic) bond motifs is 2. The number of amides is 1. The lowest BCUT2D eigenvalue weighted by Gasteiger charge is -2.27. The molecule has 2 aliphatic heterocycles. The van der Waals surface area contributed by atoms with E-state index in [1.807, 2.05) is 30.5 Å². The van der Waals surface area contributed by atoms with Gasteiger partial charge in [0.1, 0.15) is 0 Å². The summed E-state index contributed by atoms with van der Waals surface area (Å²) >= 11 is 0. The summed E-state index contributed by atoms with van der Waals surface area (Å²) in [7, 11) is 1.88. The van der Waals surface area contributed by atoms with Crippen LogP contribution in [0.1, 0.15) is 53.8 Å². The zero-order valence-corrected chi connectivity index (χ0v) is 14.3. The number of hydrogen-bond acceptors (Lipinski definition) is 5. The van der Waals surface area contributed by atoms with Gasteiger partial charge in [0.25, 0.3) is 5.91 Å². The van der Waals surface area contributed by atoms with E-state index in [1.54, 1.807) is 10.9 Å². The quantitative estimate of drug-likeness (QED) is 0.782. The second kappa shape index (κ2) is 5.70. The van der Waals surface area contributed by atoms with Crippen molar-refractivity contribution < 1.29 is 9.53 Å². The lowest BCUT2D eigenvalue weighted by molar-refractivity contribution is -0.00906. The van der Waals surface area contributed by atoms with Crippen LogP contribution in [0, 0.1) is 0 Å². The van der Waals surface area contributed by atoms with Gasteiger partial charge in [-0.25, -0.2) is 4.68 Å². The predicted molar refractivity (Wildman–Crippen MR) is 85.3 cm³/mol.